The number of aryl methyl sites for hydroxylation is 1. The van der Waals surface area contributed by atoms with Crippen molar-refractivity contribution < 1.29 is 18.0 Å². The number of rotatable bonds is 6. The second-order valence-electron chi connectivity index (χ2n) is 8.60. The SMILES string of the molecule is Cc1nc(NCc2cnn(Cc3cncc(C(F)(F)F)c3)c2)nc2c1NC(=O)[C@H](C(C)C)N2C. The Balaban J connectivity index is 1.45. The van der Waals surface area contributed by atoms with Crippen LogP contribution >= 0.6 is 0 Å². The number of nitrogens with one attached hydrogen (secondary N) is 2. The molecule has 0 bridgehead atoms. The van der Waals surface area contributed by atoms with Crippen LogP contribution in [-0.4, -0.2) is 43.7 Å². The average molecular weight is 474 g/mol. The summed E-state index contributed by atoms with van der Waals surface area (Å²) in [6, 6.07) is 0.731. The first-order valence-electron chi connectivity index (χ1n) is 10.7. The fraction of sp³-hybridized carbons (Fsp3) is 0.409. The number of alkyl halides is 3. The van der Waals surface area contributed by atoms with Crippen LogP contribution in [0.4, 0.5) is 30.6 Å². The van der Waals surface area contributed by atoms with Gasteiger partial charge in [-0.15, -0.1) is 0 Å². The third-order valence-corrected chi connectivity index (χ3v) is 5.57. The van der Waals surface area contributed by atoms with E-state index in [0.29, 0.717) is 35.3 Å². The molecule has 0 aromatic carbocycles. The molecule has 4 heterocycles. The van der Waals surface area contributed by atoms with E-state index in [0.717, 1.165) is 17.8 Å². The highest BCUT2D eigenvalue weighted by molar-refractivity contribution is 6.03. The number of anilines is 3. The van der Waals surface area contributed by atoms with Crippen LogP contribution in [0.2, 0.25) is 0 Å². The second kappa shape index (κ2) is 8.92. The van der Waals surface area contributed by atoms with E-state index in [1.54, 1.807) is 24.0 Å². The van der Waals surface area contributed by atoms with E-state index < -0.39 is 11.7 Å². The Bertz CT molecular complexity index is 1210. The summed E-state index contributed by atoms with van der Waals surface area (Å²) in [5.41, 5.74) is 1.65. The van der Waals surface area contributed by atoms with Gasteiger partial charge in [0.15, 0.2) is 5.82 Å². The van der Waals surface area contributed by atoms with E-state index in [9.17, 15) is 18.0 Å². The van der Waals surface area contributed by atoms with Crippen molar-refractivity contribution in [2.24, 2.45) is 5.92 Å². The molecule has 0 fully saturated rings. The number of fused-ring (bicyclic) bond motifs is 1. The molecule has 9 nitrogen and oxygen atoms in total. The fourth-order valence-electron chi connectivity index (χ4n) is 3.97. The van der Waals surface area contributed by atoms with Gasteiger partial charge in [0.25, 0.3) is 0 Å². The number of likely N-dealkylation sites (N-methyl/N-ethyl adjacent to an activating group) is 1. The van der Waals surface area contributed by atoms with Crippen molar-refractivity contribution in [2.75, 3.05) is 22.6 Å². The van der Waals surface area contributed by atoms with Crippen LogP contribution in [0.1, 0.15) is 36.2 Å². The van der Waals surface area contributed by atoms with Crippen LogP contribution in [0.5, 0.6) is 0 Å². The Hall–Kier alpha value is -3.70. The minimum atomic E-state index is -4.44. The lowest BCUT2D eigenvalue weighted by Crippen LogP contribution is -2.49. The number of pyridine rings is 1. The van der Waals surface area contributed by atoms with Crippen molar-refractivity contribution in [3.8, 4) is 0 Å². The van der Waals surface area contributed by atoms with Crippen LogP contribution in [0, 0.1) is 12.8 Å². The molecule has 0 aliphatic carbocycles. The van der Waals surface area contributed by atoms with Gasteiger partial charge >= 0.3 is 6.18 Å². The average Bonchev–Trinajstić information content (AvgIpc) is 3.20. The van der Waals surface area contributed by atoms with Crippen LogP contribution in [-0.2, 0) is 24.1 Å². The zero-order chi connectivity index (χ0) is 24.6. The van der Waals surface area contributed by atoms with E-state index >= 15 is 0 Å². The van der Waals surface area contributed by atoms with Crippen molar-refractivity contribution in [1.82, 2.24) is 24.7 Å². The van der Waals surface area contributed by atoms with Crippen LogP contribution in [0.3, 0.4) is 0 Å². The largest absolute Gasteiger partial charge is 0.417 e. The minimum Gasteiger partial charge on any atom is -0.350 e. The quantitative estimate of drug-likeness (QED) is 0.564. The number of hydrogen-bond acceptors (Lipinski definition) is 7. The van der Waals surface area contributed by atoms with Gasteiger partial charge in [0, 0.05) is 37.7 Å². The molecule has 0 unspecified atom stereocenters. The van der Waals surface area contributed by atoms with Gasteiger partial charge in [-0.1, -0.05) is 13.8 Å². The topological polar surface area (TPSA) is 101 Å². The van der Waals surface area contributed by atoms with Gasteiger partial charge in [0.1, 0.15) is 11.7 Å². The summed E-state index contributed by atoms with van der Waals surface area (Å²) in [5, 5.41) is 10.3. The zero-order valence-electron chi connectivity index (χ0n) is 19.2. The second-order valence-corrected chi connectivity index (χ2v) is 8.60. The van der Waals surface area contributed by atoms with E-state index in [2.05, 4.69) is 30.7 Å². The number of aromatic nitrogens is 5. The van der Waals surface area contributed by atoms with E-state index in [1.807, 2.05) is 25.8 Å². The normalized spacial score (nSPS) is 15.9. The predicted molar refractivity (Wildman–Crippen MR) is 120 cm³/mol. The number of amides is 1. The predicted octanol–water partition coefficient (Wildman–Crippen LogP) is 3.47. The number of carbonyl (C=O) groups is 1. The van der Waals surface area contributed by atoms with E-state index in [-0.39, 0.29) is 24.4 Å². The Labute approximate surface area is 194 Å². The summed E-state index contributed by atoms with van der Waals surface area (Å²) in [7, 11) is 1.84. The van der Waals surface area contributed by atoms with Crippen LogP contribution < -0.4 is 15.5 Å². The Kier molecular flexibility index (Phi) is 6.15. The third kappa shape index (κ3) is 4.80. The molecule has 180 valence electrons. The van der Waals surface area contributed by atoms with Crippen molar-refractivity contribution in [2.45, 2.75) is 46.1 Å². The molecule has 12 heteroatoms. The van der Waals surface area contributed by atoms with Gasteiger partial charge in [0.05, 0.1) is 24.0 Å². The summed E-state index contributed by atoms with van der Waals surface area (Å²) >= 11 is 0. The zero-order valence-corrected chi connectivity index (χ0v) is 19.2. The molecule has 0 spiro atoms. The smallest absolute Gasteiger partial charge is 0.350 e. The lowest BCUT2D eigenvalue weighted by molar-refractivity contribution is -0.137. The summed E-state index contributed by atoms with van der Waals surface area (Å²) < 4.78 is 40.3. The molecule has 3 aromatic heterocycles. The molecule has 4 rings (SSSR count). The number of carbonyl (C=O) groups excluding carboxylic acids is 1. The standard InChI is InChI=1S/C22H25F3N8O/c1-12(2)18-20(34)30-17-13(3)29-21(31-19(17)32(18)4)27-7-15-8-28-33(11-15)10-14-5-16(9-26-6-14)22(23,24)25/h5-6,8-9,11-12,18H,7,10H2,1-4H3,(H,30,34)(H,27,29,31)/t18-/m0/s1. The molecule has 1 aliphatic heterocycles. The lowest BCUT2D eigenvalue weighted by atomic mass is 9.99. The van der Waals surface area contributed by atoms with Crippen molar-refractivity contribution in [3.05, 3.63) is 53.2 Å². The molecule has 2 N–H and O–H groups in total. The van der Waals surface area contributed by atoms with Gasteiger partial charge in [-0.05, 0) is 24.5 Å². The lowest BCUT2D eigenvalue weighted by Gasteiger charge is -2.36. The maximum Gasteiger partial charge on any atom is 0.417 e. The van der Waals surface area contributed by atoms with Gasteiger partial charge in [-0.25, -0.2) is 4.98 Å². The highest BCUT2D eigenvalue weighted by Crippen LogP contribution is 2.34. The van der Waals surface area contributed by atoms with Crippen LogP contribution in [0.15, 0.2) is 30.9 Å². The first-order valence-corrected chi connectivity index (χ1v) is 10.7. The van der Waals surface area contributed by atoms with Crippen molar-refractivity contribution in [1.29, 1.82) is 0 Å². The van der Waals surface area contributed by atoms with Gasteiger partial charge in [0.2, 0.25) is 11.9 Å². The molecule has 0 saturated carbocycles. The molecule has 0 saturated heterocycles. The van der Waals surface area contributed by atoms with Crippen molar-refractivity contribution >= 4 is 23.4 Å². The number of nitrogens with zero attached hydrogens (tertiary/aromatic N) is 6. The Morgan fingerprint density at radius 1 is 1.18 bits per heavy atom. The first kappa shape index (κ1) is 23.5. The first-order chi connectivity index (χ1) is 16.0. The Morgan fingerprint density at radius 2 is 1.94 bits per heavy atom. The summed E-state index contributed by atoms with van der Waals surface area (Å²) in [6.45, 7) is 6.28. The summed E-state index contributed by atoms with van der Waals surface area (Å²) in [4.78, 5) is 27.0. The number of hydrogen-bond donors (Lipinski definition) is 2. The third-order valence-electron chi connectivity index (χ3n) is 5.57. The Morgan fingerprint density at radius 3 is 2.65 bits per heavy atom. The van der Waals surface area contributed by atoms with Crippen LogP contribution in [0.25, 0.3) is 0 Å². The molecule has 3 aromatic rings. The molecule has 1 aliphatic rings. The monoisotopic (exact) mass is 474 g/mol. The van der Waals surface area contributed by atoms with Gasteiger partial charge < -0.3 is 15.5 Å². The maximum absolute atomic E-state index is 12.9. The molecule has 0 radical (unpaired) electrons. The van der Waals surface area contributed by atoms with Crippen molar-refractivity contribution in [3.63, 3.8) is 0 Å². The molecular formula is C22H25F3N8O. The number of halogens is 3. The molecule has 1 atom stereocenters. The van der Waals surface area contributed by atoms with E-state index in [4.69, 9.17) is 0 Å². The van der Waals surface area contributed by atoms with E-state index in [1.165, 1.54) is 6.20 Å². The molecule has 1 amide bonds. The fourth-order valence-corrected chi connectivity index (χ4v) is 3.97. The van der Waals surface area contributed by atoms with Gasteiger partial charge in [-0.2, -0.15) is 23.3 Å². The van der Waals surface area contributed by atoms with Gasteiger partial charge in [-0.3, -0.25) is 14.5 Å². The molecular weight excluding hydrogens is 449 g/mol. The molecule has 34 heavy (non-hydrogen) atoms. The maximum atomic E-state index is 12.9. The highest BCUT2D eigenvalue weighted by atomic mass is 19.4. The minimum absolute atomic E-state index is 0.0826. The summed E-state index contributed by atoms with van der Waals surface area (Å²) in [6.07, 6.45) is 1.11. The highest BCUT2D eigenvalue weighted by Gasteiger charge is 2.35. The summed E-state index contributed by atoms with van der Waals surface area (Å²) in [5.74, 6) is 1.06.